The molecule has 126 valence electrons. The van der Waals surface area contributed by atoms with Gasteiger partial charge in [0, 0.05) is 17.6 Å². The molecule has 2 aromatic heterocycles. The highest BCUT2D eigenvalue weighted by molar-refractivity contribution is 7.98. The van der Waals surface area contributed by atoms with Gasteiger partial charge in [-0.25, -0.2) is 9.97 Å². The van der Waals surface area contributed by atoms with E-state index in [4.69, 9.17) is 27.6 Å². The van der Waals surface area contributed by atoms with Crippen LogP contribution in [0.4, 0.5) is 0 Å². The maximum Gasteiger partial charge on any atom is 0.257 e. The second kappa shape index (κ2) is 7.38. The maximum absolute atomic E-state index is 6.07. The number of nitrogens with zero attached hydrogens (tertiary/aromatic N) is 2. The van der Waals surface area contributed by atoms with Gasteiger partial charge in [0.15, 0.2) is 5.58 Å². The molecule has 2 heterocycles. The lowest BCUT2D eigenvalue weighted by Crippen LogP contribution is -1.89. The second-order valence-electron chi connectivity index (χ2n) is 5.39. The lowest BCUT2D eigenvalue weighted by atomic mass is 10.2. The number of aromatic nitrogens is 2. The first-order valence-electron chi connectivity index (χ1n) is 7.53. The number of hydrogen-bond donors (Lipinski definition) is 0. The van der Waals surface area contributed by atoms with Crippen LogP contribution >= 0.6 is 46.3 Å². The van der Waals surface area contributed by atoms with Crippen molar-refractivity contribution >= 4 is 57.4 Å². The van der Waals surface area contributed by atoms with Gasteiger partial charge in [-0.3, -0.25) is 0 Å². The van der Waals surface area contributed by atoms with Gasteiger partial charge in [-0.05, 0) is 29.8 Å². The number of fused-ring (bicyclic) bond motifs is 1. The number of thiazole rings is 1. The minimum absolute atomic E-state index is 0.569. The van der Waals surface area contributed by atoms with E-state index in [-0.39, 0.29) is 0 Å². The molecular weight excluding hydrogens is 395 g/mol. The minimum atomic E-state index is 0.569. The highest BCUT2D eigenvalue weighted by Crippen LogP contribution is 2.28. The Labute approximate surface area is 163 Å². The third kappa shape index (κ3) is 4.01. The number of rotatable bonds is 5. The van der Waals surface area contributed by atoms with E-state index in [0.717, 1.165) is 39.5 Å². The topological polar surface area (TPSA) is 38.9 Å². The lowest BCUT2D eigenvalue weighted by molar-refractivity contribution is 0.489. The van der Waals surface area contributed by atoms with Gasteiger partial charge < -0.3 is 4.42 Å². The molecule has 0 aliphatic carbocycles. The van der Waals surface area contributed by atoms with Crippen molar-refractivity contribution in [2.75, 3.05) is 0 Å². The Balaban J connectivity index is 1.41. The highest BCUT2D eigenvalue weighted by Gasteiger charge is 2.09. The van der Waals surface area contributed by atoms with E-state index in [1.165, 1.54) is 0 Å². The smallest absolute Gasteiger partial charge is 0.257 e. The molecule has 0 atom stereocenters. The summed E-state index contributed by atoms with van der Waals surface area (Å²) < 4.78 is 5.72. The number of halogens is 2. The van der Waals surface area contributed by atoms with Crippen molar-refractivity contribution in [3.63, 3.8) is 0 Å². The van der Waals surface area contributed by atoms with Gasteiger partial charge in [-0.1, -0.05) is 53.2 Å². The molecule has 4 aromatic rings. The van der Waals surface area contributed by atoms with Gasteiger partial charge in [0.05, 0.1) is 20.7 Å². The quantitative estimate of drug-likeness (QED) is 0.355. The summed E-state index contributed by atoms with van der Waals surface area (Å²) in [5.41, 5.74) is 3.81. The molecule has 0 radical (unpaired) electrons. The summed E-state index contributed by atoms with van der Waals surface area (Å²) >= 11 is 15.2. The number of benzene rings is 2. The zero-order valence-electron chi connectivity index (χ0n) is 12.9. The number of thioether (sulfide) groups is 1. The summed E-state index contributed by atoms with van der Waals surface area (Å²) in [6, 6.07) is 13.4. The number of oxazole rings is 1. The average Bonchev–Trinajstić information content (AvgIpc) is 3.22. The van der Waals surface area contributed by atoms with E-state index >= 15 is 0 Å². The molecule has 2 aromatic carbocycles. The van der Waals surface area contributed by atoms with Gasteiger partial charge in [0.1, 0.15) is 5.52 Å². The molecule has 0 bridgehead atoms. The molecule has 0 aliphatic rings. The SMILES string of the molecule is Clc1ccc(Cc2nc(CSc3nc4ccccc4o3)cs2)cc1Cl. The molecule has 3 nitrogen and oxygen atoms in total. The largest absolute Gasteiger partial charge is 0.431 e. The zero-order chi connectivity index (χ0) is 17.2. The average molecular weight is 407 g/mol. The predicted octanol–water partition coefficient (Wildman–Crippen LogP) is 6.47. The van der Waals surface area contributed by atoms with E-state index < -0.39 is 0 Å². The predicted molar refractivity (Wildman–Crippen MR) is 105 cm³/mol. The van der Waals surface area contributed by atoms with Crippen LogP contribution in [0.15, 0.2) is 57.5 Å². The Bertz CT molecular complexity index is 996. The summed E-state index contributed by atoms with van der Waals surface area (Å²) in [4.78, 5) is 9.14. The van der Waals surface area contributed by atoms with Crippen LogP contribution < -0.4 is 0 Å². The molecule has 25 heavy (non-hydrogen) atoms. The molecule has 0 saturated carbocycles. The van der Waals surface area contributed by atoms with Gasteiger partial charge in [-0.2, -0.15) is 0 Å². The van der Waals surface area contributed by atoms with E-state index in [2.05, 4.69) is 15.3 Å². The molecule has 0 saturated heterocycles. The first-order valence-corrected chi connectivity index (χ1v) is 10.1. The first kappa shape index (κ1) is 16.9. The van der Waals surface area contributed by atoms with Crippen molar-refractivity contribution in [2.24, 2.45) is 0 Å². The van der Waals surface area contributed by atoms with E-state index in [1.54, 1.807) is 23.1 Å². The Morgan fingerprint density at radius 1 is 1.04 bits per heavy atom. The van der Waals surface area contributed by atoms with Crippen LogP contribution in [0.1, 0.15) is 16.3 Å². The van der Waals surface area contributed by atoms with Gasteiger partial charge in [-0.15, -0.1) is 11.3 Å². The Morgan fingerprint density at radius 2 is 1.92 bits per heavy atom. The Kier molecular flexibility index (Phi) is 4.99. The van der Waals surface area contributed by atoms with Crippen molar-refractivity contribution in [2.45, 2.75) is 17.4 Å². The van der Waals surface area contributed by atoms with Crippen LogP contribution in [0.5, 0.6) is 0 Å². The fourth-order valence-corrected chi connectivity index (χ4v) is 4.35. The number of hydrogen-bond acceptors (Lipinski definition) is 5. The van der Waals surface area contributed by atoms with Gasteiger partial charge >= 0.3 is 0 Å². The van der Waals surface area contributed by atoms with Crippen molar-refractivity contribution in [1.82, 2.24) is 9.97 Å². The molecule has 0 N–H and O–H groups in total. The molecule has 0 unspecified atom stereocenters. The second-order valence-corrected chi connectivity index (χ2v) is 8.08. The molecule has 0 spiro atoms. The number of para-hydroxylation sites is 2. The summed E-state index contributed by atoms with van der Waals surface area (Å²) in [5.74, 6) is 0.727. The molecular formula is C18H12Cl2N2OS2. The first-order chi connectivity index (χ1) is 12.2. The van der Waals surface area contributed by atoms with E-state index in [0.29, 0.717) is 15.3 Å². The highest BCUT2D eigenvalue weighted by atomic mass is 35.5. The summed E-state index contributed by atoms with van der Waals surface area (Å²) in [7, 11) is 0. The van der Waals surface area contributed by atoms with E-state index in [1.807, 2.05) is 42.5 Å². The summed E-state index contributed by atoms with van der Waals surface area (Å²) in [5, 5.41) is 4.93. The lowest BCUT2D eigenvalue weighted by Gasteiger charge is -2.00. The van der Waals surface area contributed by atoms with Gasteiger partial charge in [0.2, 0.25) is 0 Å². The van der Waals surface area contributed by atoms with Crippen LogP contribution in [-0.4, -0.2) is 9.97 Å². The fraction of sp³-hybridized carbons (Fsp3) is 0.111. The molecule has 0 fully saturated rings. The fourth-order valence-electron chi connectivity index (χ4n) is 2.37. The summed E-state index contributed by atoms with van der Waals surface area (Å²) in [6.45, 7) is 0. The third-order valence-corrected chi connectivity index (χ3v) is 6.05. The molecule has 7 heteroatoms. The van der Waals surface area contributed by atoms with Crippen molar-refractivity contribution < 1.29 is 4.42 Å². The van der Waals surface area contributed by atoms with Crippen LogP contribution in [0, 0.1) is 0 Å². The molecule has 0 amide bonds. The van der Waals surface area contributed by atoms with E-state index in [9.17, 15) is 0 Å². The van der Waals surface area contributed by atoms with Gasteiger partial charge in [0.25, 0.3) is 5.22 Å². The monoisotopic (exact) mass is 406 g/mol. The van der Waals surface area contributed by atoms with Crippen molar-refractivity contribution in [3.05, 3.63) is 74.2 Å². The Morgan fingerprint density at radius 3 is 2.76 bits per heavy atom. The molecule has 0 aliphatic heterocycles. The van der Waals surface area contributed by atoms with Crippen molar-refractivity contribution in [1.29, 1.82) is 0 Å². The standard InChI is InChI=1S/C18H12Cl2N2OS2/c19-13-6-5-11(7-14(13)20)8-17-21-12(9-24-17)10-25-18-22-15-3-1-2-4-16(15)23-18/h1-7,9H,8,10H2. The molecule has 4 rings (SSSR count). The van der Waals surface area contributed by atoms with Crippen LogP contribution in [0.25, 0.3) is 11.1 Å². The zero-order valence-corrected chi connectivity index (χ0v) is 16.1. The summed E-state index contributed by atoms with van der Waals surface area (Å²) in [6.07, 6.45) is 0.745. The van der Waals surface area contributed by atoms with Crippen LogP contribution in [0.2, 0.25) is 10.0 Å². The third-order valence-electron chi connectivity index (χ3n) is 3.56. The normalized spacial score (nSPS) is 11.3. The van der Waals surface area contributed by atoms with Crippen molar-refractivity contribution in [3.8, 4) is 0 Å². The Hall–Kier alpha value is -1.53. The minimum Gasteiger partial charge on any atom is -0.431 e. The maximum atomic E-state index is 6.07. The van der Waals surface area contributed by atoms with Crippen LogP contribution in [-0.2, 0) is 12.2 Å². The van der Waals surface area contributed by atoms with Crippen LogP contribution in [0.3, 0.4) is 0 Å².